The molecule has 0 bridgehead atoms. The zero-order chi connectivity index (χ0) is 36.5. The lowest BCUT2D eigenvalue weighted by molar-refractivity contribution is 0.953. The molecule has 4 aromatic heterocycles. The minimum absolute atomic E-state index is 0.248. The van der Waals surface area contributed by atoms with Crippen molar-refractivity contribution in [1.29, 1.82) is 0 Å². The fraction of sp³-hybridized carbons (Fsp3) is 0. The van der Waals surface area contributed by atoms with Gasteiger partial charge in [-0.3, -0.25) is 18.3 Å². The molecule has 0 fully saturated rings. The van der Waals surface area contributed by atoms with Crippen molar-refractivity contribution in [3.63, 3.8) is 0 Å². The van der Waals surface area contributed by atoms with Gasteiger partial charge in [0, 0.05) is 27.6 Å². The van der Waals surface area contributed by atoms with Crippen LogP contribution in [0.1, 0.15) is 0 Å². The number of para-hydroxylation sites is 3. The van der Waals surface area contributed by atoms with E-state index in [0.29, 0.717) is 28.8 Å². The highest BCUT2D eigenvalue weighted by molar-refractivity contribution is 6.10. The van der Waals surface area contributed by atoms with E-state index >= 15 is 0 Å². The van der Waals surface area contributed by atoms with Gasteiger partial charge in [-0.15, -0.1) is 0 Å². The number of hydrogen-bond donors (Lipinski definition) is 0. The molecule has 7 aromatic carbocycles. The van der Waals surface area contributed by atoms with Crippen molar-refractivity contribution in [3.05, 3.63) is 186 Å². The van der Waals surface area contributed by atoms with E-state index in [2.05, 4.69) is 79.2 Å². The molecule has 4 heterocycles. The van der Waals surface area contributed by atoms with Gasteiger partial charge in [0.05, 0.1) is 33.0 Å². The van der Waals surface area contributed by atoms with Crippen LogP contribution in [0.15, 0.2) is 181 Å². The Labute approximate surface area is 313 Å². The van der Waals surface area contributed by atoms with Crippen molar-refractivity contribution in [2.24, 2.45) is 0 Å². The molecule has 11 aromatic rings. The molecule has 0 unspecified atom stereocenters. The maximum absolute atomic E-state index is 13.3. The lowest BCUT2D eigenvalue weighted by Crippen LogP contribution is -2.11. The average molecular weight is 708 g/mol. The van der Waals surface area contributed by atoms with Gasteiger partial charge in [-0.1, -0.05) is 121 Å². The minimum Gasteiger partial charge on any atom is -0.278 e. The Morgan fingerprint density at radius 2 is 0.909 bits per heavy atom. The number of rotatable bonds is 5. The zero-order valence-corrected chi connectivity index (χ0v) is 29.3. The van der Waals surface area contributed by atoms with Gasteiger partial charge in [-0.25, -0.2) is 4.98 Å². The molecule has 0 saturated heterocycles. The Morgan fingerprint density at radius 3 is 1.60 bits per heavy atom. The molecule has 0 atom stereocenters. The summed E-state index contributed by atoms with van der Waals surface area (Å²) in [5.41, 5.74) is 9.33. The third-order valence-electron chi connectivity index (χ3n) is 10.3. The molecule has 0 aliphatic carbocycles. The number of aromatic nitrogens is 7. The first-order valence-corrected chi connectivity index (χ1v) is 18.1. The van der Waals surface area contributed by atoms with Gasteiger partial charge in [-0.05, 0) is 65.7 Å². The topological polar surface area (TPSA) is 82.9 Å². The number of hydrogen-bond acceptors (Lipinski definition) is 5. The van der Waals surface area contributed by atoms with Crippen LogP contribution in [0.3, 0.4) is 0 Å². The predicted octanol–water partition coefficient (Wildman–Crippen LogP) is 10.1. The molecule has 0 saturated carbocycles. The van der Waals surface area contributed by atoms with Crippen LogP contribution in [0.5, 0.6) is 0 Å². The normalized spacial score (nSPS) is 11.7. The van der Waals surface area contributed by atoms with Gasteiger partial charge >= 0.3 is 0 Å². The standard InChI is InChI=1S/C47H29N7O/c55-45-36-21-11-13-23-39(36)54-42-29-33(25-27-41(42)52(47(54)51-45)34-18-8-3-9-19-34)32-24-26-40-37(28-32)35-20-10-12-22-38(35)53(40)46-49-43(30-14-4-1-5-15-30)48-44(50-46)31-16-6-2-7-17-31/h1-29H. The van der Waals surface area contributed by atoms with E-state index in [-0.39, 0.29) is 5.56 Å². The van der Waals surface area contributed by atoms with E-state index in [9.17, 15) is 4.79 Å². The van der Waals surface area contributed by atoms with E-state index in [4.69, 9.17) is 15.0 Å². The van der Waals surface area contributed by atoms with Crippen molar-refractivity contribution >= 4 is 49.5 Å². The van der Waals surface area contributed by atoms with Crippen LogP contribution >= 0.6 is 0 Å². The molecular formula is C47H29N7O. The second kappa shape index (κ2) is 12.2. The Balaban J connectivity index is 1.14. The van der Waals surface area contributed by atoms with Crippen LogP contribution in [0.25, 0.3) is 95.1 Å². The van der Waals surface area contributed by atoms with E-state index in [1.807, 2.05) is 115 Å². The van der Waals surface area contributed by atoms with Crippen molar-refractivity contribution in [2.45, 2.75) is 0 Å². The minimum atomic E-state index is -0.248. The van der Waals surface area contributed by atoms with Gasteiger partial charge in [-0.2, -0.15) is 15.0 Å². The van der Waals surface area contributed by atoms with Gasteiger partial charge in [0.2, 0.25) is 11.7 Å². The Kier molecular flexibility index (Phi) is 6.84. The van der Waals surface area contributed by atoms with Crippen LogP contribution in [-0.4, -0.2) is 33.5 Å². The van der Waals surface area contributed by atoms with E-state index < -0.39 is 0 Å². The van der Waals surface area contributed by atoms with Crippen LogP contribution in [-0.2, 0) is 0 Å². The maximum Gasteiger partial charge on any atom is 0.282 e. The third kappa shape index (κ3) is 4.89. The second-order valence-electron chi connectivity index (χ2n) is 13.5. The SMILES string of the molecule is O=c1nc2n(-c3ccccc3)c3ccc(-c4ccc5c(c4)c4ccccc4n5-c4nc(-c5ccccc5)nc(-c5ccccc5)n4)cc3n2c2ccccc12. The summed E-state index contributed by atoms with van der Waals surface area (Å²) in [7, 11) is 0. The monoisotopic (exact) mass is 707 g/mol. The van der Waals surface area contributed by atoms with Crippen molar-refractivity contribution in [2.75, 3.05) is 0 Å². The first kappa shape index (κ1) is 30.9. The van der Waals surface area contributed by atoms with Gasteiger partial charge in [0.1, 0.15) is 0 Å². The number of imidazole rings is 1. The third-order valence-corrected chi connectivity index (χ3v) is 10.3. The summed E-state index contributed by atoms with van der Waals surface area (Å²) >= 11 is 0. The Morgan fingerprint density at radius 1 is 0.364 bits per heavy atom. The molecule has 55 heavy (non-hydrogen) atoms. The van der Waals surface area contributed by atoms with Crippen LogP contribution in [0.2, 0.25) is 0 Å². The van der Waals surface area contributed by atoms with E-state index in [1.54, 1.807) is 0 Å². The lowest BCUT2D eigenvalue weighted by Gasteiger charge is -2.11. The number of fused-ring (bicyclic) bond motifs is 8. The fourth-order valence-corrected chi connectivity index (χ4v) is 7.82. The molecule has 258 valence electrons. The van der Waals surface area contributed by atoms with Crippen LogP contribution < -0.4 is 5.56 Å². The zero-order valence-electron chi connectivity index (χ0n) is 29.3. The summed E-state index contributed by atoms with van der Waals surface area (Å²) in [6.45, 7) is 0. The molecule has 8 heteroatoms. The highest BCUT2D eigenvalue weighted by Gasteiger charge is 2.20. The molecule has 11 rings (SSSR count). The van der Waals surface area contributed by atoms with Gasteiger partial charge in [0.25, 0.3) is 5.56 Å². The summed E-state index contributed by atoms with van der Waals surface area (Å²) in [5, 5.41) is 2.76. The Bertz CT molecular complexity index is 3270. The quantitative estimate of drug-likeness (QED) is 0.178. The smallest absolute Gasteiger partial charge is 0.278 e. The molecule has 0 spiro atoms. The van der Waals surface area contributed by atoms with E-state index in [0.717, 1.165) is 66.3 Å². The first-order valence-electron chi connectivity index (χ1n) is 18.1. The largest absolute Gasteiger partial charge is 0.282 e. The van der Waals surface area contributed by atoms with Crippen molar-refractivity contribution < 1.29 is 0 Å². The molecule has 0 amide bonds. The van der Waals surface area contributed by atoms with E-state index in [1.165, 1.54) is 0 Å². The molecule has 0 aliphatic heterocycles. The van der Waals surface area contributed by atoms with Crippen LogP contribution in [0, 0.1) is 0 Å². The summed E-state index contributed by atoms with van der Waals surface area (Å²) in [4.78, 5) is 33.0. The van der Waals surface area contributed by atoms with Gasteiger partial charge < -0.3 is 0 Å². The summed E-state index contributed by atoms with van der Waals surface area (Å²) in [6.07, 6.45) is 0. The van der Waals surface area contributed by atoms with Crippen LogP contribution in [0.4, 0.5) is 0 Å². The molecule has 0 N–H and O–H groups in total. The maximum atomic E-state index is 13.3. The predicted molar refractivity (Wildman–Crippen MR) is 220 cm³/mol. The Hall–Kier alpha value is -7.71. The summed E-state index contributed by atoms with van der Waals surface area (Å²) < 4.78 is 6.30. The summed E-state index contributed by atoms with van der Waals surface area (Å²) in [6, 6.07) is 59.2. The number of benzene rings is 7. The fourth-order valence-electron chi connectivity index (χ4n) is 7.82. The van der Waals surface area contributed by atoms with Gasteiger partial charge in [0.15, 0.2) is 11.6 Å². The second-order valence-corrected chi connectivity index (χ2v) is 13.5. The van der Waals surface area contributed by atoms with Crippen molar-refractivity contribution in [1.82, 2.24) is 33.5 Å². The highest BCUT2D eigenvalue weighted by atomic mass is 16.1. The molecule has 8 nitrogen and oxygen atoms in total. The molecule has 0 aliphatic rings. The van der Waals surface area contributed by atoms with Crippen molar-refractivity contribution in [3.8, 4) is 45.5 Å². The number of nitrogens with zero attached hydrogens (tertiary/aromatic N) is 7. The lowest BCUT2D eigenvalue weighted by atomic mass is 10.0. The molecule has 0 radical (unpaired) electrons. The summed E-state index contributed by atoms with van der Waals surface area (Å²) in [5.74, 6) is 2.34. The highest BCUT2D eigenvalue weighted by Crippen LogP contribution is 2.37. The molecular weight excluding hydrogens is 679 g/mol. The first-order chi connectivity index (χ1) is 27.2. The average Bonchev–Trinajstić information content (AvgIpc) is 3.76.